The molecule has 3 N–H and O–H groups in total. The van der Waals surface area contributed by atoms with Gasteiger partial charge >= 0.3 is 0 Å². The van der Waals surface area contributed by atoms with E-state index in [9.17, 15) is 15.2 Å². The van der Waals surface area contributed by atoms with Gasteiger partial charge in [-0.1, -0.05) is 0 Å². The van der Waals surface area contributed by atoms with Crippen LogP contribution in [0.1, 0.15) is 6.92 Å². The Bertz CT molecular complexity index is 454. The summed E-state index contributed by atoms with van der Waals surface area (Å²) in [5.74, 6) is 1.33. The highest BCUT2D eigenvalue weighted by atomic mass is 32.2. The van der Waals surface area contributed by atoms with E-state index in [4.69, 9.17) is 0 Å². The molecule has 0 saturated carbocycles. The van der Waals surface area contributed by atoms with Crippen molar-refractivity contribution in [2.45, 2.75) is 12.5 Å². The van der Waals surface area contributed by atoms with Gasteiger partial charge in [0.25, 0.3) is 5.69 Å². The largest absolute Gasteiger partial charge is 0.387 e. The Morgan fingerprint density at radius 2 is 2.16 bits per heavy atom. The molecule has 1 rings (SSSR count). The second kappa shape index (κ2) is 6.58. The van der Waals surface area contributed by atoms with Crippen LogP contribution in [0.5, 0.6) is 0 Å². The fraction of sp³-hybridized carbons (Fsp3) is 0.545. The summed E-state index contributed by atoms with van der Waals surface area (Å²) in [4.78, 5) is 14.5. The molecule has 0 aliphatic rings. The van der Waals surface area contributed by atoms with Gasteiger partial charge in [0.15, 0.2) is 0 Å². The molecule has 0 aliphatic heterocycles. The number of rotatable bonds is 7. The lowest BCUT2D eigenvalue weighted by Gasteiger charge is -2.22. The number of aromatic nitrogens is 1. The lowest BCUT2D eigenvalue weighted by molar-refractivity contribution is -0.384. The number of nitro groups is 1. The van der Waals surface area contributed by atoms with Crippen molar-refractivity contribution in [1.82, 2.24) is 4.98 Å². The molecule has 8 heteroatoms. The molecule has 19 heavy (non-hydrogen) atoms. The highest BCUT2D eigenvalue weighted by Gasteiger charge is 2.20. The van der Waals surface area contributed by atoms with Gasteiger partial charge in [-0.25, -0.2) is 4.98 Å². The number of nitrogens with zero attached hydrogens (tertiary/aromatic N) is 2. The van der Waals surface area contributed by atoms with Gasteiger partial charge in [0.2, 0.25) is 0 Å². The maximum atomic E-state index is 10.8. The Morgan fingerprint density at radius 3 is 2.68 bits per heavy atom. The minimum Gasteiger partial charge on any atom is -0.387 e. The number of hydrogen-bond donors (Lipinski definition) is 3. The van der Waals surface area contributed by atoms with E-state index in [0.29, 0.717) is 17.4 Å². The van der Waals surface area contributed by atoms with Gasteiger partial charge in [-0.2, -0.15) is 11.8 Å². The van der Waals surface area contributed by atoms with E-state index < -0.39 is 10.5 Å². The minimum atomic E-state index is -0.897. The van der Waals surface area contributed by atoms with Crippen molar-refractivity contribution in [2.24, 2.45) is 0 Å². The Hall–Kier alpha value is -1.54. The minimum absolute atomic E-state index is 0.0497. The summed E-state index contributed by atoms with van der Waals surface area (Å²) < 4.78 is 0. The molecule has 0 spiro atoms. The van der Waals surface area contributed by atoms with Crippen molar-refractivity contribution in [3.05, 3.63) is 22.2 Å². The summed E-state index contributed by atoms with van der Waals surface area (Å²) in [6, 6.07) is 2.70. The van der Waals surface area contributed by atoms with Gasteiger partial charge in [0.05, 0.1) is 22.7 Å². The molecule has 0 fully saturated rings. The number of hydrogen-bond acceptors (Lipinski definition) is 7. The average Bonchev–Trinajstić information content (AvgIpc) is 2.36. The van der Waals surface area contributed by atoms with Crippen LogP contribution >= 0.6 is 11.8 Å². The molecule has 0 saturated heterocycles. The molecule has 0 radical (unpaired) electrons. The number of nitrogens with one attached hydrogen (secondary N) is 2. The van der Waals surface area contributed by atoms with Crippen molar-refractivity contribution in [2.75, 3.05) is 36.2 Å². The Balaban J connectivity index is 2.83. The van der Waals surface area contributed by atoms with E-state index >= 15 is 0 Å². The van der Waals surface area contributed by atoms with Crippen LogP contribution in [0.25, 0.3) is 0 Å². The van der Waals surface area contributed by atoms with E-state index in [-0.39, 0.29) is 12.2 Å². The molecule has 1 atom stereocenters. The zero-order chi connectivity index (χ0) is 14.5. The van der Waals surface area contributed by atoms with Crippen LogP contribution in [0.15, 0.2) is 12.1 Å². The molecule has 106 valence electrons. The molecule has 1 aromatic rings. The van der Waals surface area contributed by atoms with Crippen LogP contribution in [0.2, 0.25) is 0 Å². The van der Waals surface area contributed by atoms with Gasteiger partial charge in [-0.3, -0.25) is 10.1 Å². The molecular formula is C11H18N4O3S. The highest BCUT2D eigenvalue weighted by molar-refractivity contribution is 7.98. The van der Waals surface area contributed by atoms with Gasteiger partial charge < -0.3 is 15.7 Å². The molecule has 0 bridgehead atoms. The molecule has 0 aromatic carbocycles. The SMILES string of the molecule is CNc1cc([N+](=O)[O-])cc(NCC(C)(O)CSC)n1. The summed E-state index contributed by atoms with van der Waals surface area (Å²) in [5.41, 5.74) is -0.947. The summed E-state index contributed by atoms with van der Waals surface area (Å²) >= 11 is 1.53. The van der Waals surface area contributed by atoms with Crippen LogP contribution in [0.4, 0.5) is 17.3 Å². The predicted octanol–water partition coefficient (Wildman–Crippen LogP) is 1.56. The maximum Gasteiger partial charge on any atom is 0.276 e. The summed E-state index contributed by atoms with van der Waals surface area (Å²) in [6.07, 6.45) is 1.90. The normalized spacial score (nSPS) is 13.7. The Morgan fingerprint density at radius 1 is 1.53 bits per heavy atom. The Labute approximate surface area is 116 Å². The first-order valence-electron chi connectivity index (χ1n) is 5.67. The molecular weight excluding hydrogens is 268 g/mol. The number of pyridine rings is 1. The molecule has 7 nitrogen and oxygen atoms in total. The van der Waals surface area contributed by atoms with E-state index in [0.717, 1.165) is 0 Å². The molecule has 1 aromatic heterocycles. The number of anilines is 2. The molecule has 1 heterocycles. The topological polar surface area (TPSA) is 100 Å². The standard InChI is InChI=1S/C11H18N4O3S/c1-11(16,7-19-3)6-13-10-5-8(15(17)18)4-9(12-2)14-10/h4-5,16H,6-7H2,1-3H3,(H2,12,13,14). The fourth-order valence-corrected chi connectivity index (χ4v) is 2.21. The summed E-state index contributed by atoms with van der Waals surface area (Å²) in [6.45, 7) is 1.97. The smallest absolute Gasteiger partial charge is 0.276 e. The van der Waals surface area contributed by atoms with E-state index in [1.165, 1.54) is 23.9 Å². The summed E-state index contributed by atoms with van der Waals surface area (Å²) in [5, 5.41) is 26.5. The third-order valence-corrected chi connectivity index (χ3v) is 3.29. The van der Waals surface area contributed by atoms with Gasteiger partial charge in [-0.15, -0.1) is 0 Å². The highest BCUT2D eigenvalue weighted by Crippen LogP contribution is 2.21. The quantitative estimate of drug-likeness (QED) is 0.516. The second-order valence-corrected chi connectivity index (χ2v) is 5.25. The van der Waals surface area contributed by atoms with Gasteiger partial charge in [0, 0.05) is 19.3 Å². The fourth-order valence-electron chi connectivity index (χ4n) is 1.48. The monoisotopic (exact) mass is 286 g/mol. The second-order valence-electron chi connectivity index (χ2n) is 4.39. The van der Waals surface area contributed by atoms with Crippen molar-refractivity contribution >= 4 is 29.1 Å². The van der Waals surface area contributed by atoms with Crippen molar-refractivity contribution in [3.8, 4) is 0 Å². The van der Waals surface area contributed by atoms with E-state index in [1.807, 2.05) is 6.26 Å². The van der Waals surface area contributed by atoms with Crippen LogP contribution < -0.4 is 10.6 Å². The van der Waals surface area contributed by atoms with Crippen LogP contribution in [-0.2, 0) is 0 Å². The number of aliphatic hydroxyl groups is 1. The summed E-state index contributed by atoms with van der Waals surface area (Å²) in [7, 11) is 1.64. The maximum absolute atomic E-state index is 10.8. The third-order valence-electron chi connectivity index (χ3n) is 2.38. The zero-order valence-corrected chi connectivity index (χ0v) is 12.0. The van der Waals surface area contributed by atoms with E-state index in [1.54, 1.807) is 14.0 Å². The van der Waals surface area contributed by atoms with Gasteiger partial charge in [-0.05, 0) is 13.2 Å². The lowest BCUT2D eigenvalue weighted by Crippen LogP contribution is -2.36. The lowest BCUT2D eigenvalue weighted by atomic mass is 10.1. The number of thioether (sulfide) groups is 1. The Kier molecular flexibility index (Phi) is 5.37. The van der Waals surface area contributed by atoms with Gasteiger partial charge in [0.1, 0.15) is 11.6 Å². The van der Waals surface area contributed by atoms with E-state index in [2.05, 4.69) is 15.6 Å². The molecule has 0 amide bonds. The molecule has 0 aliphatic carbocycles. The van der Waals surface area contributed by atoms with Crippen molar-refractivity contribution < 1.29 is 10.0 Å². The van der Waals surface area contributed by atoms with Crippen LogP contribution in [-0.4, -0.2) is 46.2 Å². The van der Waals surface area contributed by atoms with Crippen LogP contribution in [0, 0.1) is 10.1 Å². The van der Waals surface area contributed by atoms with Crippen LogP contribution in [0.3, 0.4) is 0 Å². The average molecular weight is 286 g/mol. The predicted molar refractivity (Wildman–Crippen MR) is 77.9 cm³/mol. The first-order chi connectivity index (χ1) is 8.88. The molecule has 1 unspecified atom stereocenters. The zero-order valence-electron chi connectivity index (χ0n) is 11.1. The van der Waals surface area contributed by atoms with Crippen molar-refractivity contribution in [1.29, 1.82) is 0 Å². The van der Waals surface area contributed by atoms with Crippen molar-refractivity contribution in [3.63, 3.8) is 0 Å². The third kappa shape index (κ3) is 4.92. The first-order valence-corrected chi connectivity index (χ1v) is 7.07. The first kappa shape index (κ1) is 15.5.